The molecule has 0 radical (unpaired) electrons. The van der Waals surface area contributed by atoms with Crippen molar-refractivity contribution in [3.63, 3.8) is 0 Å². The zero-order valence-corrected chi connectivity index (χ0v) is 12.5. The molecule has 0 amide bonds. The summed E-state index contributed by atoms with van der Waals surface area (Å²) in [5.41, 5.74) is 0.891. The van der Waals surface area contributed by atoms with Gasteiger partial charge in [-0.1, -0.05) is 48.5 Å². The third-order valence-corrected chi connectivity index (χ3v) is 3.98. The van der Waals surface area contributed by atoms with Gasteiger partial charge in [-0.3, -0.25) is 4.79 Å². The van der Waals surface area contributed by atoms with E-state index < -0.39 is 0 Å². The van der Waals surface area contributed by atoms with Crippen LogP contribution in [0.1, 0.15) is 5.56 Å². The SMILES string of the molecule is O=c1ccccn1OCc1cccc2cc3ccccc3cc12. The first-order valence-corrected chi connectivity index (χ1v) is 7.53. The molecule has 23 heavy (non-hydrogen) atoms. The molecule has 0 saturated carbocycles. The Morgan fingerprint density at radius 1 is 0.783 bits per heavy atom. The summed E-state index contributed by atoms with van der Waals surface area (Å²) in [6.45, 7) is 0.347. The topological polar surface area (TPSA) is 31.2 Å². The summed E-state index contributed by atoms with van der Waals surface area (Å²) < 4.78 is 1.26. The third kappa shape index (κ3) is 2.57. The zero-order chi connectivity index (χ0) is 15.6. The van der Waals surface area contributed by atoms with Crippen molar-refractivity contribution >= 4 is 21.5 Å². The first kappa shape index (κ1) is 13.6. The van der Waals surface area contributed by atoms with Crippen molar-refractivity contribution < 1.29 is 4.84 Å². The van der Waals surface area contributed by atoms with Crippen LogP contribution >= 0.6 is 0 Å². The Kier molecular flexibility index (Phi) is 3.31. The Morgan fingerprint density at radius 3 is 2.35 bits per heavy atom. The molecule has 0 N–H and O–H groups in total. The van der Waals surface area contributed by atoms with Crippen LogP contribution in [-0.4, -0.2) is 4.73 Å². The minimum atomic E-state index is -0.168. The van der Waals surface area contributed by atoms with Crippen molar-refractivity contribution in [2.24, 2.45) is 0 Å². The smallest absolute Gasteiger partial charge is 0.282 e. The molecule has 112 valence electrons. The fourth-order valence-corrected chi connectivity index (χ4v) is 2.82. The number of benzene rings is 3. The summed E-state index contributed by atoms with van der Waals surface area (Å²) in [6.07, 6.45) is 1.63. The van der Waals surface area contributed by atoms with Gasteiger partial charge in [0.1, 0.15) is 6.61 Å². The van der Waals surface area contributed by atoms with Crippen LogP contribution in [0.15, 0.2) is 83.8 Å². The molecular weight excluding hydrogens is 286 g/mol. The van der Waals surface area contributed by atoms with E-state index in [0.29, 0.717) is 6.61 Å². The van der Waals surface area contributed by atoms with E-state index in [-0.39, 0.29) is 5.56 Å². The quantitative estimate of drug-likeness (QED) is 0.539. The number of nitrogens with zero attached hydrogens (tertiary/aromatic N) is 1. The minimum Gasteiger partial charge on any atom is -0.406 e. The van der Waals surface area contributed by atoms with Crippen LogP contribution in [0.4, 0.5) is 0 Å². The van der Waals surface area contributed by atoms with Gasteiger partial charge in [0.05, 0.1) is 0 Å². The number of hydrogen-bond donors (Lipinski definition) is 0. The van der Waals surface area contributed by atoms with Gasteiger partial charge in [-0.2, -0.15) is 4.73 Å². The summed E-state index contributed by atoms with van der Waals surface area (Å²) >= 11 is 0. The third-order valence-electron chi connectivity index (χ3n) is 3.98. The Labute approximate surface area is 133 Å². The molecule has 0 aliphatic heterocycles. The number of hydrogen-bond acceptors (Lipinski definition) is 2. The van der Waals surface area contributed by atoms with Gasteiger partial charge >= 0.3 is 0 Å². The summed E-state index contributed by atoms with van der Waals surface area (Å²) in [6, 6.07) is 23.8. The molecule has 0 bridgehead atoms. The summed E-state index contributed by atoms with van der Waals surface area (Å²) in [5.74, 6) is 0. The standard InChI is InChI=1S/C20H15NO2/c22-20-10-3-4-11-21(20)23-14-18-9-5-8-17-12-15-6-1-2-7-16(15)13-19(17)18/h1-13H,14H2. The molecule has 0 aliphatic rings. The molecule has 1 aromatic heterocycles. The normalized spacial score (nSPS) is 11.0. The van der Waals surface area contributed by atoms with Crippen LogP contribution in [0.25, 0.3) is 21.5 Å². The van der Waals surface area contributed by atoms with Crippen LogP contribution in [-0.2, 0) is 6.61 Å². The Morgan fingerprint density at radius 2 is 1.52 bits per heavy atom. The molecule has 0 aliphatic carbocycles. The highest BCUT2D eigenvalue weighted by Crippen LogP contribution is 2.25. The molecule has 1 heterocycles. The van der Waals surface area contributed by atoms with Gasteiger partial charge in [-0.15, -0.1) is 0 Å². The lowest BCUT2D eigenvalue weighted by molar-refractivity contribution is 0.0898. The van der Waals surface area contributed by atoms with Gasteiger partial charge < -0.3 is 4.84 Å². The molecule has 0 fully saturated rings. The van der Waals surface area contributed by atoms with E-state index in [0.717, 1.165) is 10.9 Å². The lowest BCUT2D eigenvalue weighted by Crippen LogP contribution is -2.24. The van der Waals surface area contributed by atoms with Crippen molar-refractivity contribution in [1.82, 2.24) is 4.73 Å². The zero-order valence-electron chi connectivity index (χ0n) is 12.5. The second kappa shape index (κ2) is 5.61. The van der Waals surface area contributed by atoms with E-state index in [9.17, 15) is 4.79 Å². The Hall–Kier alpha value is -3.07. The molecule has 3 heteroatoms. The van der Waals surface area contributed by atoms with E-state index in [1.165, 1.54) is 27.0 Å². The van der Waals surface area contributed by atoms with E-state index in [2.05, 4.69) is 30.3 Å². The first-order chi connectivity index (χ1) is 11.3. The summed E-state index contributed by atoms with van der Waals surface area (Å²) in [5, 5.41) is 4.74. The fourth-order valence-electron chi connectivity index (χ4n) is 2.82. The van der Waals surface area contributed by atoms with Gasteiger partial charge in [0.2, 0.25) is 0 Å². The van der Waals surface area contributed by atoms with Gasteiger partial charge in [0.15, 0.2) is 0 Å². The molecule has 3 nitrogen and oxygen atoms in total. The van der Waals surface area contributed by atoms with E-state index in [4.69, 9.17) is 4.84 Å². The molecule has 0 atom stereocenters. The van der Waals surface area contributed by atoms with Crippen LogP contribution in [0.2, 0.25) is 0 Å². The van der Waals surface area contributed by atoms with Crippen LogP contribution in [0, 0.1) is 0 Å². The van der Waals surface area contributed by atoms with Gasteiger partial charge in [-0.25, -0.2) is 0 Å². The van der Waals surface area contributed by atoms with E-state index >= 15 is 0 Å². The highest BCUT2D eigenvalue weighted by molar-refractivity contribution is 5.99. The van der Waals surface area contributed by atoms with E-state index in [1.54, 1.807) is 18.3 Å². The highest BCUT2D eigenvalue weighted by atomic mass is 16.7. The Balaban J connectivity index is 1.76. The monoisotopic (exact) mass is 301 g/mol. The number of rotatable bonds is 3. The fraction of sp³-hybridized carbons (Fsp3) is 0.0500. The second-order valence-corrected chi connectivity index (χ2v) is 5.48. The van der Waals surface area contributed by atoms with Crippen LogP contribution in [0.5, 0.6) is 0 Å². The molecule has 0 unspecified atom stereocenters. The molecule has 0 saturated heterocycles. The van der Waals surface area contributed by atoms with Crippen molar-refractivity contribution in [1.29, 1.82) is 0 Å². The molecule has 4 rings (SSSR count). The minimum absolute atomic E-state index is 0.168. The first-order valence-electron chi connectivity index (χ1n) is 7.53. The van der Waals surface area contributed by atoms with Crippen molar-refractivity contribution in [3.05, 3.63) is 94.9 Å². The second-order valence-electron chi connectivity index (χ2n) is 5.48. The maximum absolute atomic E-state index is 11.7. The van der Waals surface area contributed by atoms with Crippen LogP contribution in [0.3, 0.4) is 0 Å². The lowest BCUT2D eigenvalue weighted by Gasteiger charge is -2.11. The summed E-state index contributed by atoms with van der Waals surface area (Å²) in [4.78, 5) is 17.4. The average molecular weight is 301 g/mol. The van der Waals surface area contributed by atoms with Crippen molar-refractivity contribution in [2.75, 3.05) is 0 Å². The molecule has 4 aromatic rings. The summed E-state index contributed by atoms with van der Waals surface area (Å²) in [7, 11) is 0. The maximum atomic E-state index is 11.7. The van der Waals surface area contributed by atoms with Crippen molar-refractivity contribution in [3.8, 4) is 0 Å². The van der Waals surface area contributed by atoms with Crippen LogP contribution < -0.4 is 10.4 Å². The average Bonchev–Trinajstić information content (AvgIpc) is 2.59. The number of aromatic nitrogens is 1. The lowest BCUT2D eigenvalue weighted by atomic mass is 10.0. The molecule has 3 aromatic carbocycles. The number of pyridine rings is 1. The largest absolute Gasteiger partial charge is 0.406 e. The Bertz CT molecular complexity index is 1050. The predicted octanol–water partition coefficient (Wildman–Crippen LogP) is 3.78. The van der Waals surface area contributed by atoms with Gasteiger partial charge in [0, 0.05) is 12.3 Å². The number of fused-ring (bicyclic) bond motifs is 2. The van der Waals surface area contributed by atoms with E-state index in [1.807, 2.05) is 24.3 Å². The molecule has 0 spiro atoms. The molecular formula is C20H15NO2. The van der Waals surface area contributed by atoms with Gasteiger partial charge in [-0.05, 0) is 45.3 Å². The highest BCUT2D eigenvalue weighted by Gasteiger charge is 2.04. The predicted molar refractivity (Wildman–Crippen MR) is 92.4 cm³/mol. The van der Waals surface area contributed by atoms with Gasteiger partial charge in [0.25, 0.3) is 5.56 Å². The maximum Gasteiger partial charge on any atom is 0.282 e. The van der Waals surface area contributed by atoms with Crippen molar-refractivity contribution in [2.45, 2.75) is 6.61 Å².